The van der Waals surface area contributed by atoms with Crippen LogP contribution >= 0.6 is 23.2 Å². The van der Waals surface area contributed by atoms with Crippen molar-refractivity contribution in [3.05, 3.63) is 63.4 Å². The Morgan fingerprint density at radius 2 is 1.95 bits per heavy atom. The van der Waals surface area contributed by atoms with Crippen molar-refractivity contribution in [2.24, 2.45) is 0 Å². The van der Waals surface area contributed by atoms with E-state index in [0.29, 0.717) is 10.0 Å². The molecule has 1 aromatic carbocycles. The van der Waals surface area contributed by atoms with Gasteiger partial charge in [-0.1, -0.05) is 49.2 Å². The Labute approximate surface area is 136 Å². The predicted molar refractivity (Wildman–Crippen MR) is 90.2 cm³/mol. The van der Waals surface area contributed by atoms with Crippen LogP contribution in [0.25, 0.3) is 0 Å². The van der Waals surface area contributed by atoms with Gasteiger partial charge in [0.2, 0.25) is 0 Å². The van der Waals surface area contributed by atoms with Gasteiger partial charge in [-0.15, -0.1) is 0 Å². The predicted octanol–water partition coefficient (Wildman–Crippen LogP) is 4.84. The molecular formula is C17H20Cl2N2. The second-order valence-corrected chi connectivity index (χ2v) is 5.74. The lowest BCUT2D eigenvalue weighted by atomic mass is 9.95. The number of nitrogens with one attached hydrogen (secondary N) is 1. The van der Waals surface area contributed by atoms with E-state index >= 15 is 0 Å². The van der Waals surface area contributed by atoms with Crippen LogP contribution in [0.15, 0.2) is 36.7 Å². The van der Waals surface area contributed by atoms with E-state index in [1.54, 1.807) is 0 Å². The van der Waals surface area contributed by atoms with E-state index in [2.05, 4.69) is 30.2 Å². The molecule has 2 aromatic rings. The number of aryl methyl sites for hydroxylation is 1. The SMILES string of the molecule is CCNC(Cc1cccc(Cl)c1Cl)c1ccncc1CC. The Hall–Kier alpha value is -1.09. The third-order valence-corrected chi connectivity index (χ3v) is 4.46. The summed E-state index contributed by atoms with van der Waals surface area (Å²) in [6.07, 6.45) is 5.57. The molecule has 1 aromatic heterocycles. The van der Waals surface area contributed by atoms with E-state index in [0.717, 1.165) is 24.9 Å². The fourth-order valence-corrected chi connectivity index (χ4v) is 2.94. The molecule has 1 atom stereocenters. The number of likely N-dealkylation sites (N-methyl/N-ethyl adjacent to an activating group) is 1. The Morgan fingerprint density at radius 3 is 2.67 bits per heavy atom. The van der Waals surface area contributed by atoms with Gasteiger partial charge in [-0.2, -0.15) is 0 Å². The van der Waals surface area contributed by atoms with Crippen molar-refractivity contribution >= 4 is 23.2 Å². The molecular weight excluding hydrogens is 303 g/mol. The standard InChI is InChI=1S/C17H20Cl2N2/c1-3-12-11-20-9-8-14(12)16(21-4-2)10-13-6-5-7-15(18)17(13)19/h5-9,11,16,21H,3-4,10H2,1-2H3. The zero-order valence-electron chi connectivity index (χ0n) is 12.4. The van der Waals surface area contributed by atoms with Gasteiger partial charge in [0.15, 0.2) is 0 Å². The van der Waals surface area contributed by atoms with Crippen LogP contribution in [-0.4, -0.2) is 11.5 Å². The van der Waals surface area contributed by atoms with Gasteiger partial charge in [-0.3, -0.25) is 4.98 Å². The van der Waals surface area contributed by atoms with Crippen molar-refractivity contribution in [2.75, 3.05) is 6.54 Å². The van der Waals surface area contributed by atoms with Gasteiger partial charge >= 0.3 is 0 Å². The molecule has 0 bridgehead atoms. The molecule has 1 heterocycles. The third-order valence-electron chi connectivity index (χ3n) is 3.60. The van der Waals surface area contributed by atoms with E-state index in [-0.39, 0.29) is 6.04 Å². The first-order valence-corrected chi connectivity index (χ1v) is 8.02. The first kappa shape index (κ1) is 16.3. The van der Waals surface area contributed by atoms with Crippen molar-refractivity contribution < 1.29 is 0 Å². The lowest BCUT2D eigenvalue weighted by Crippen LogP contribution is -2.24. The molecule has 0 fully saturated rings. The van der Waals surface area contributed by atoms with Crippen LogP contribution in [0.3, 0.4) is 0 Å². The van der Waals surface area contributed by atoms with Crippen LogP contribution < -0.4 is 5.32 Å². The zero-order valence-corrected chi connectivity index (χ0v) is 13.9. The Kier molecular flexibility index (Phi) is 6.04. The second-order valence-electron chi connectivity index (χ2n) is 4.96. The first-order valence-electron chi connectivity index (χ1n) is 7.26. The normalized spacial score (nSPS) is 12.4. The smallest absolute Gasteiger partial charge is 0.0624 e. The topological polar surface area (TPSA) is 24.9 Å². The summed E-state index contributed by atoms with van der Waals surface area (Å²) in [5, 5.41) is 4.79. The van der Waals surface area contributed by atoms with Crippen LogP contribution in [0.5, 0.6) is 0 Å². The summed E-state index contributed by atoms with van der Waals surface area (Å²) < 4.78 is 0. The van der Waals surface area contributed by atoms with Gasteiger partial charge in [0.05, 0.1) is 10.0 Å². The highest BCUT2D eigenvalue weighted by Gasteiger charge is 2.16. The van der Waals surface area contributed by atoms with E-state index in [4.69, 9.17) is 23.2 Å². The summed E-state index contributed by atoms with van der Waals surface area (Å²) in [4.78, 5) is 4.22. The van der Waals surface area contributed by atoms with Gasteiger partial charge in [-0.05, 0) is 48.2 Å². The summed E-state index contributed by atoms with van der Waals surface area (Å²) in [5.41, 5.74) is 3.61. The van der Waals surface area contributed by atoms with Gasteiger partial charge in [0.1, 0.15) is 0 Å². The minimum Gasteiger partial charge on any atom is -0.310 e. The molecule has 0 aliphatic heterocycles. The monoisotopic (exact) mass is 322 g/mol. The molecule has 2 nitrogen and oxygen atoms in total. The van der Waals surface area contributed by atoms with Crippen LogP contribution in [0.4, 0.5) is 0 Å². The first-order chi connectivity index (χ1) is 10.2. The molecule has 0 amide bonds. The summed E-state index contributed by atoms with van der Waals surface area (Å²) in [5.74, 6) is 0. The molecule has 112 valence electrons. The quantitative estimate of drug-likeness (QED) is 0.822. The Morgan fingerprint density at radius 1 is 1.14 bits per heavy atom. The lowest BCUT2D eigenvalue weighted by Gasteiger charge is -2.21. The van der Waals surface area contributed by atoms with Crippen molar-refractivity contribution in [3.63, 3.8) is 0 Å². The highest BCUT2D eigenvalue weighted by molar-refractivity contribution is 6.42. The fourth-order valence-electron chi connectivity index (χ4n) is 2.54. The molecule has 0 saturated heterocycles. The maximum Gasteiger partial charge on any atom is 0.0624 e. The highest BCUT2D eigenvalue weighted by atomic mass is 35.5. The maximum absolute atomic E-state index is 6.33. The van der Waals surface area contributed by atoms with Crippen molar-refractivity contribution in [2.45, 2.75) is 32.7 Å². The summed E-state index contributed by atoms with van der Waals surface area (Å²) >= 11 is 12.4. The Bertz CT molecular complexity index is 599. The number of aromatic nitrogens is 1. The lowest BCUT2D eigenvalue weighted by molar-refractivity contribution is 0.545. The number of nitrogens with zero attached hydrogens (tertiary/aromatic N) is 1. The molecule has 1 N–H and O–H groups in total. The van der Waals surface area contributed by atoms with Crippen LogP contribution in [0.1, 0.15) is 36.6 Å². The average molecular weight is 323 g/mol. The minimum absolute atomic E-state index is 0.212. The highest BCUT2D eigenvalue weighted by Crippen LogP contribution is 2.30. The molecule has 21 heavy (non-hydrogen) atoms. The van der Waals surface area contributed by atoms with Gasteiger partial charge in [0.25, 0.3) is 0 Å². The molecule has 0 aliphatic rings. The average Bonchev–Trinajstić information content (AvgIpc) is 2.51. The van der Waals surface area contributed by atoms with E-state index in [1.807, 2.05) is 30.6 Å². The van der Waals surface area contributed by atoms with Crippen molar-refractivity contribution in [1.29, 1.82) is 0 Å². The van der Waals surface area contributed by atoms with Crippen molar-refractivity contribution in [3.8, 4) is 0 Å². The molecule has 0 radical (unpaired) electrons. The largest absolute Gasteiger partial charge is 0.310 e. The summed E-state index contributed by atoms with van der Waals surface area (Å²) in [6.45, 7) is 5.16. The molecule has 0 spiro atoms. The third kappa shape index (κ3) is 3.97. The van der Waals surface area contributed by atoms with Gasteiger partial charge in [-0.25, -0.2) is 0 Å². The molecule has 4 heteroatoms. The van der Waals surface area contributed by atoms with Gasteiger partial charge in [0, 0.05) is 18.4 Å². The number of hydrogen-bond acceptors (Lipinski definition) is 2. The summed E-state index contributed by atoms with van der Waals surface area (Å²) in [7, 11) is 0. The maximum atomic E-state index is 6.33. The van der Waals surface area contributed by atoms with Gasteiger partial charge < -0.3 is 5.32 Å². The minimum atomic E-state index is 0.212. The molecule has 2 rings (SSSR count). The molecule has 0 saturated carbocycles. The van der Waals surface area contributed by atoms with E-state index in [9.17, 15) is 0 Å². The van der Waals surface area contributed by atoms with E-state index in [1.165, 1.54) is 11.1 Å². The second kappa shape index (κ2) is 7.79. The van der Waals surface area contributed by atoms with Crippen LogP contribution in [0, 0.1) is 0 Å². The summed E-state index contributed by atoms with van der Waals surface area (Å²) in [6, 6.07) is 8.10. The fraction of sp³-hybridized carbons (Fsp3) is 0.353. The number of hydrogen-bond donors (Lipinski definition) is 1. The zero-order chi connectivity index (χ0) is 15.2. The van der Waals surface area contributed by atoms with Crippen LogP contribution in [-0.2, 0) is 12.8 Å². The number of rotatable bonds is 6. The number of halogens is 2. The van der Waals surface area contributed by atoms with E-state index < -0.39 is 0 Å². The Balaban J connectivity index is 2.33. The number of pyridine rings is 1. The van der Waals surface area contributed by atoms with Crippen molar-refractivity contribution in [1.82, 2.24) is 10.3 Å². The van der Waals surface area contributed by atoms with Crippen LogP contribution in [0.2, 0.25) is 10.0 Å². The molecule has 0 aliphatic carbocycles. The number of benzene rings is 1. The molecule has 1 unspecified atom stereocenters.